The largest absolute Gasteiger partial charge is 0.494 e. The van der Waals surface area contributed by atoms with Gasteiger partial charge in [-0.15, -0.1) is 0 Å². The van der Waals surface area contributed by atoms with Gasteiger partial charge in [-0.25, -0.2) is 0 Å². The Balaban J connectivity index is 1.19. The fourth-order valence-electron chi connectivity index (χ4n) is 6.36. The van der Waals surface area contributed by atoms with E-state index in [-0.39, 0.29) is 0 Å². The highest BCUT2D eigenvalue weighted by molar-refractivity contribution is 5.31. The second kappa shape index (κ2) is 16.5. The maximum absolute atomic E-state index is 6.01. The van der Waals surface area contributed by atoms with Crippen molar-refractivity contribution in [1.82, 2.24) is 0 Å². The van der Waals surface area contributed by atoms with E-state index < -0.39 is 0 Å². The van der Waals surface area contributed by atoms with Crippen LogP contribution in [0.15, 0.2) is 24.3 Å². The van der Waals surface area contributed by atoms with Gasteiger partial charge in [0, 0.05) is 0 Å². The average Bonchev–Trinajstić information content (AvgIpc) is 2.89. The van der Waals surface area contributed by atoms with Crippen molar-refractivity contribution in [3.63, 3.8) is 0 Å². The van der Waals surface area contributed by atoms with Crippen LogP contribution in [0.1, 0.15) is 129 Å². The molecule has 2 aliphatic carbocycles. The highest BCUT2D eigenvalue weighted by Crippen LogP contribution is 2.35. The molecule has 2 saturated carbocycles. The molecule has 3 rings (SSSR count). The van der Waals surface area contributed by atoms with Crippen LogP contribution in [-0.2, 0) is 0 Å². The van der Waals surface area contributed by atoms with Gasteiger partial charge in [-0.1, -0.05) is 104 Å². The summed E-state index contributed by atoms with van der Waals surface area (Å²) in [6.45, 7) is 6.31. The molecule has 1 aromatic rings. The number of benzene rings is 1. The Hall–Kier alpha value is -1.18. The molecule has 0 N–H and O–H groups in total. The van der Waals surface area contributed by atoms with Gasteiger partial charge in [-0.2, -0.15) is 0 Å². The summed E-state index contributed by atoms with van der Waals surface area (Å²) in [7, 11) is 0. The first-order valence-electron chi connectivity index (χ1n) is 15.1. The molecule has 0 aliphatic heterocycles. The SMILES string of the molecule is CCCCC1CCC(CCCOc2ccc(OCCCC3CCC(CCCC)CC3)cc2)CC1. The van der Waals surface area contributed by atoms with Crippen molar-refractivity contribution < 1.29 is 9.47 Å². The second-order valence-electron chi connectivity index (χ2n) is 11.5. The minimum atomic E-state index is 0.844. The first-order valence-corrected chi connectivity index (χ1v) is 15.1. The predicted octanol–water partition coefficient (Wildman–Crippen LogP) is 10.00. The van der Waals surface area contributed by atoms with Crippen molar-refractivity contribution >= 4 is 0 Å². The molecule has 0 bridgehead atoms. The van der Waals surface area contributed by atoms with Crippen LogP contribution in [0.2, 0.25) is 0 Å². The molecular formula is C32H54O2. The van der Waals surface area contributed by atoms with Crippen molar-refractivity contribution in [2.45, 2.75) is 129 Å². The summed E-state index contributed by atoms with van der Waals surface area (Å²) >= 11 is 0. The van der Waals surface area contributed by atoms with E-state index >= 15 is 0 Å². The molecule has 194 valence electrons. The van der Waals surface area contributed by atoms with Gasteiger partial charge < -0.3 is 9.47 Å². The Morgan fingerprint density at radius 3 is 1.09 bits per heavy atom. The normalized spacial score (nSPS) is 25.2. The van der Waals surface area contributed by atoms with Gasteiger partial charge in [0.2, 0.25) is 0 Å². The Kier molecular flexibility index (Phi) is 13.3. The van der Waals surface area contributed by atoms with E-state index in [0.29, 0.717) is 0 Å². The minimum Gasteiger partial charge on any atom is -0.494 e. The van der Waals surface area contributed by atoms with Gasteiger partial charge in [0.25, 0.3) is 0 Å². The van der Waals surface area contributed by atoms with Crippen LogP contribution in [-0.4, -0.2) is 13.2 Å². The number of hydrogen-bond donors (Lipinski definition) is 0. The molecule has 2 fully saturated rings. The monoisotopic (exact) mass is 470 g/mol. The Bertz CT molecular complexity index is 553. The molecule has 0 amide bonds. The molecule has 2 aliphatic rings. The fraction of sp³-hybridized carbons (Fsp3) is 0.812. The molecule has 0 aromatic heterocycles. The van der Waals surface area contributed by atoms with Gasteiger partial charge in [0.05, 0.1) is 13.2 Å². The van der Waals surface area contributed by atoms with Gasteiger partial charge in [0.1, 0.15) is 11.5 Å². The lowest BCUT2D eigenvalue weighted by molar-refractivity contribution is 0.227. The summed E-state index contributed by atoms with van der Waals surface area (Å²) in [5, 5.41) is 0. The third-order valence-electron chi connectivity index (χ3n) is 8.74. The van der Waals surface area contributed by atoms with Crippen LogP contribution in [0, 0.1) is 23.7 Å². The highest BCUT2D eigenvalue weighted by Gasteiger charge is 2.21. The lowest BCUT2D eigenvalue weighted by Gasteiger charge is -2.28. The van der Waals surface area contributed by atoms with E-state index in [4.69, 9.17) is 9.47 Å². The average molecular weight is 471 g/mol. The van der Waals surface area contributed by atoms with E-state index in [1.165, 1.54) is 116 Å². The molecule has 1 aromatic carbocycles. The molecule has 0 unspecified atom stereocenters. The van der Waals surface area contributed by atoms with E-state index in [1.807, 2.05) is 0 Å². The van der Waals surface area contributed by atoms with Crippen molar-refractivity contribution in [2.75, 3.05) is 13.2 Å². The fourth-order valence-corrected chi connectivity index (χ4v) is 6.36. The Morgan fingerprint density at radius 2 is 0.794 bits per heavy atom. The zero-order valence-corrected chi connectivity index (χ0v) is 22.6. The van der Waals surface area contributed by atoms with E-state index in [1.54, 1.807) is 0 Å². The first-order chi connectivity index (χ1) is 16.8. The van der Waals surface area contributed by atoms with E-state index in [2.05, 4.69) is 38.1 Å². The first kappa shape index (κ1) is 27.4. The summed E-state index contributed by atoms with van der Waals surface area (Å²) in [4.78, 5) is 0. The lowest BCUT2D eigenvalue weighted by Crippen LogP contribution is -2.15. The molecule has 2 nitrogen and oxygen atoms in total. The highest BCUT2D eigenvalue weighted by atomic mass is 16.5. The molecule has 2 heteroatoms. The Labute approximate surface area is 211 Å². The van der Waals surface area contributed by atoms with Gasteiger partial charge in [0.15, 0.2) is 0 Å². The minimum absolute atomic E-state index is 0.844. The van der Waals surface area contributed by atoms with E-state index in [9.17, 15) is 0 Å². The summed E-state index contributed by atoms with van der Waals surface area (Å²) in [6.07, 6.45) is 25.2. The molecule has 0 radical (unpaired) electrons. The predicted molar refractivity (Wildman–Crippen MR) is 146 cm³/mol. The smallest absolute Gasteiger partial charge is 0.119 e. The summed E-state index contributed by atoms with van der Waals surface area (Å²) in [5.41, 5.74) is 0. The number of hydrogen-bond acceptors (Lipinski definition) is 2. The quantitative estimate of drug-likeness (QED) is 0.224. The second-order valence-corrected chi connectivity index (χ2v) is 11.5. The lowest BCUT2D eigenvalue weighted by atomic mass is 9.78. The zero-order chi connectivity index (χ0) is 23.8. The third kappa shape index (κ3) is 10.6. The van der Waals surface area contributed by atoms with E-state index in [0.717, 1.165) is 48.4 Å². The van der Waals surface area contributed by atoms with Crippen LogP contribution in [0.3, 0.4) is 0 Å². The van der Waals surface area contributed by atoms with Gasteiger partial charge >= 0.3 is 0 Å². The maximum atomic E-state index is 6.01. The van der Waals surface area contributed by atoms with Crippen LogP contribution < -0.4 is 9.47 Å². The van der Waals surface area contributed by atoms with Crippen LogP contribution in [0.5, 0.6) is 11.5 Å². The van der Waals surface area contributed by atoms with Crippen LogP contribution in [0.4, 0.5) is 0 Å². The summed E-state index contributed by atoms with van der Waals surface area (Å²) in [5.74, 6) is 5.87. The third-order valence-corrected chi connectivity index (χ3v) is 8.74. The van der Waals surface area contributed by atoms with Crippen molar-refractivity contribution in [1.29, 1.82) is 0 Å². The molecule has 34 heavy (non-hydrogen) atoms. The number of unbranched alkanes of at least 4 members (excludes halogenated alkanes) is 2. The molecule has 0 heterocycles. The topological polar surface area (TPSA) is 18.5 Å². The van der Waals surface area contributed by atoms with Crippen LogP contribution in [0.25, 0.3) is 0 Å². The number of rotatable bonds is 16. The molecular weight excluding hydrogens is 416 g/mol. The molecule has 0 spiro atoms. The standard InChI is InChI=1S/C32H54O2/c1-3-5-9-27-13-17-29(18-14-27)11-7-25-33-31-21-23-32(24-22-31)34-26-8-12-30-19-15-28(16-20-30)10-6-4-2/h21-24,27-30H,3-20,25-26H2,1-2H3. The van der Waals surface area contributed by atoms with Crippen molar-refractivity contribution in [2.24, 2.45) is 23.7 Å². The van der Waals surface area contributed by atoms with Crippen LogP contribution >= 0.6 is 0 Å². The van der Waals surface area contributed by atoms with Crippen molar-refractivity contribution in [3.05, 3.63) is 24.3 Å². The van der Waals surface area contributed by atoms with Gasteiger partial charge in [-0.3, -0.25) is 0 Å². The van der Waals surface area contributed by atoms with Crippen molar-refractivity contribution in [3.8, 4) is 11.5 Å². The van der Waals surface area contributed by atoms with Gasteiger partial charge in [-0.05, 0) is 73.6 Å². The zero-order valence-electron chi connectivity index (χ0n) is 22.6. The molecule has 0 saturated heterocycles. The summed E-state index contributed by atoms with van der Waals surface area (Å²) < 4.78 is 12.0. The number of ether oxygens (including phenoxy) is 2. The molecule has 0 atom stereocenters. The summed E-state index contributed by atoms with van der Waals surface area (Å²) in [6, 6.07) is 8.30. The maximum Gasteiger partial charge on any atom is 0.119 e. The Morgan fingerprint density at radius 1 is 0.500 bits per heavy atom.